The summed E-state index contributed by atoms with van der Waals surface area (Å²) in [6.07, 6.45) is -3.96. The Morgan fingerprint density at radius 2 is 2.15 bits per heavy atom. The molecule has 0 saturated carbocycles. The van der Waals surface area contributed by atoms with Gasteiger partial charge in [-0.25, -0.2) is 0 Å². The van der Waals surface area contributed by atoms with Crippen LogP contribution in [0.2, 0.25) is 0 Å². The Balaban J connectivity index is 3.15. The van der Waals surface area contributed by atoms with Crippen molar-refractivity contribution in [1.29, 1.82) is 0 Å². The second-order valence-electron chi connectivity index (χ2n) is 3.61. The monoisotopic (exact) mass is 404 g/mol. The summed E-state index contributed by atoms with van der Waals surface area (Å²) in [5, 5.41) is 0. The molecule has 0 radical (unpaired) electrons. The number of hydrogen-bond donors (Lipinski definition) is 1. The fraction of sp³-hybridized carbons (Fsp3) is 0.455. The van der Waals surface area contributed by atoms with Gasteiger partial charge in [-0.3, -0.25) is 9.78 Å². The van der Waals surface area contributed by atoms with Gasteiger partial charge in [0.2, 0.25) is 0 Å². The van der Waals surface area contributed by atoms with Gasteiger partial charge >= 0.3 is 12.3 Å². The second-order valence-corrected chi connectivity index (χ2v) is 4.69. The van der Waals surface area contributed by atoms with Crippen LogP contribution in [0.3, 0.4) is 0 Å². The molecule has 20 heavy (non-hydrogen) atoms. The second kappa shape index (κ2) is 7.07. The maximum atomic E-state index is 12.4. The largest absolute Gasteiger partial charge is 0.573 e. The lowest BCUT2D eigenvalue weighted by atomic mass is 10.2. The average molecular weight is 404 g/mol. The Hall–Kier alpha value is -1.10. The van der Waals surface area contributed by atoms with Crippen LogP contribution in [-0.2, 0) is 22.5 Å². The van der Waals surface area contributed by atoms with E-state index in [1.54, 1.807) is 29.5 Å². The zero-order valence-corrected chi connectivity index (χ0v) is 12.6. The Morgan fingerprint density at radius 3 is 2.65 bits per heavy atom. The van der Waals surface area contributed by atoms with Gasteiger partial charge in [-0.05, 0) is 29.5 Å². The van der Waals surface area contributed by atoms with Gasteiger partial charge in [0.15, 0.2) is 5.75 Å². The van der Waals surface area contributed by atoms with Crippen molar-refractivity contribution in [3.63, 3.8) is 0 Å². The third kappa shape index (κ3) is 4.78. The number of nitrogens with zero attached hydrogens (tertiary/aromatic N) is 1. The minimum atomic E-state index is -4.88. The van der Waals surface area contributed by atoms with Gasteiger partial charge in [0, 0.05) is 18.3 Å². The number of aromatic nitrogens is 1. The van der Waals surface area contributed by atoms with E-state index in [1.807, 2.05) is 0 Å². The van der Waals surface area contributed by atoms with E-state index in [0.29, 0.717) is 5.56 Å². The van der Waals surface area contributed by atoms with Gasteiger partial charge < -0.3 is 15.2 Å². The first-order valence-corrected chi connectivity index (χ1v) is 6.64. The average Bonchev–Trinajstić information content (AvgIpc) is 2.33. The number of carbonyl (C=O) groups excluding carboxylic acids is 1. The standard InChI is InChI=1S/C11H12F3IN2O3/c1-2-19-8(18)3-7-10(20-11(12,13)14)9(15)6(4-16)5-17-7/h5H,2-4,16H2,1H3. The number of alkyl halides is 3. The molecule has 0 fully saturated rings. The minimum absolute atomic E-state index is 0.0131. The van der Waals surface area contributed by atoms with E-state index in [4.69, 9.17) is 5.73 Å². The molecule has 1 aromatic heterocycles. The van der Waals surface area contributed by atoms with Crippen LogP contribution in [0, 0.1) is 3.57 Å². The highest BCUT2D eigenvalue weighted by atomic mass is 127. The van der Waals surface area contributed by atoms with Crippen LogP contribution in [0.4, 0.5) is 13.2 Å². The molecule has 5 nitrogen and oxygen atoms in total. The molecule has 0 atom stereocenters. The third-order valence-corrected chi connectivity index (χ3v) is 3.36. The quantitative estimate of drug-likeness (QED) is 0.602. The van der Waals surface area contributed by atoms with Crippen LogP contribution in [-0.4, -0.2) is 23.9 Å². The molecule has 0 amide bonds. The van der Waals surface area contributed by atoms with E-state index >= 15 is 0 Å². The van der Waals surface area contributed by atoms with E-state index in [9.17, 15) is 18.0 Å². The highest BCUT2D eigenvalue weighted by Crippen LogP contribution is 2.32. The van der Waals surface area contributed by atoms with E-state index < -0.39 is 24.5 Å². The lowest BCUT2D eigenvalue weighted by molar-refractivity contribution is -0.275. The molecule has 0 aliphatic heterocycles. The van der Waals surface area contributed by atoms with Crippen LogP contribution in [0.5, 0.6) is 5.75 Å². The molecule has 0 unspecified atom stereocenters. The van der Waals surface area contributed by atoms with Crippen LogP contribution >= 0.6 is 22.6 Å². The summed E-state index contributed by atoms with van der Waals surface area (Å²) in [5.74, 6) is -1.18. The summed E-state index contributed by atoms with van der Waals surface area (Å²) >= 11 is 1.68. The summed E-state index contributed by atoms with van der Waals surface area (Å²) in [6.45, 7) is 1.74. The number of pyridine rings is 1. The molecule has 9 heteroatoms. The van der Waals surface area contributed by atoms with Gasteiger partial charge in [0.25, 0.3) is 0 Å². The Morgan fingerprint density at radius 1 is 1.50 bits per heavy atom. The lowest BCUT2D eigenvalue weighted by Crippen LogP contribution is -2.21. The molecule has 1 heterocycles. The number of ether oxygens (including phenoxy) is 2. The lowest BCUT2D eigenvalue weighted by Gasteiger charge is -2.15. The van der Waals surface area contributed by atoms with Crippen LogP contribution in [0.1, 0.15) is 18.2 Å². The fourth-order valence-electron chi connectivity index (χ4n) is 1.38. The normalized spacial score (nSPS) is 11.3. The minimum Gasteiger partial charge on any atom is -0.466 e. The molecule has 2 N–H and O–H groups in total. The highest BCUT2D eigenvalue weighted by molar-refractivity contribution is 14.1. The zero-order valence-electron chi connectivity index (χ0n) is 10.5. The number of hydrogen-bond acceptors (Lipinski definition) is 5. The van der Waals surface area contributed by atoms with Crippen LogP contribution < -0.4 is 10.5 Å². The van der Waals surface area contributed by atoms with Crippen molar-refractivity contribution in [2.45, 2.75) is 26.3 Å². The van der Waals surface area contributed by atoms with Gasteiger partial charge in [0.05, 0.1) is 22.3 Å². The van der Waals surface area contributed by atoms with Gasteiger partial charge in [-0.2, -0.15) is 0 Å². The van der Waals surface area contributed by atoms with Gasteiger partial charge in [-0.1, -0.05) is 0 Å². The number of halogens is 4. The van der Waals surface area contributed by atoms with Gasteiger partial charge in [0.1, 0.15) is 0 Å². The van der Waals surface area contributed by atoms with Crippen molar-refractivity contribution in [3.05, 3.63) is 21.0 Å². The first kappa shape index (κ1) is 17.0. The predicted molar refractivity (Wildman–Crippen MR) is 71.9 cm³/mol. The Labute approximate surface area is 126 Å². The molecule has 0 aliphatic rings. The summed E-state index contributed by atoms with van der Waals surface area (Å²) in [5.41, 5.74) is 5.67. The fourth-order valence-corrected chi connectivity index (χ4v) is 2.16. The molecule has 112 valence electrons. The number of carbonyl (C=O) groups is 1. The molecule has 0 bridgehead atoms. The summed E-state index contributed by atoms with van der Waals surface area (Å²) in [4.78, 5) is 15.2. The topological polar surface area (TPSA) is 74.4 Å². The van der Waals surface area contributed by atoms with Crippen molar-refractivity contribution >= 4 is 28.6 Å². The van der Waals surface area contributed by atoms with Crippen molar-refractivity contribution < 1.29 is 27.4 Å². The van der Waals surface area contributed by atoms with Crippen molar-refractivity contribution in [3.8, 4) is 5.75 Å². The summed E-state index contributed by atoms with van der Waals surface area (Å²) < 4.78 is 46.1. The number of rotatable bonds is 5. The van der Waals surface area contributed by atoms with Crippen molar-refractivity contribution in [1.82, 2.24) is 4.98 Å². The van der Waals surface area contributed by atoms with E-state index in [0.717, 1.165) is 0 Å². The van der Waals surface area contributed by atoms with E-state index in [1.165, 1.54) is 6.20 Å². The molecule has 1 rings (SSSR count). The molecule has 0 spiro atoms. The Kier molecular flexibility index (Phi) is 5.99. The summed E-state index contributed by atoms with van der Waals surface area (Å²) in [6, 6.07) is 0. The zero-order chi connectivity index (χ0) is 15.3. The number of nitrogens with two attached hydrogens (primary N) is 1. The molecule has 0 aromatic carbocycles. The van der Waals surface area contributed by atoms with Crippen LogP contribution in [0.25, 0.3) is 0 Å². The van der Waals surface area contributed by atoms with E-state index in [2.05, 4.69) is 14.5 Å². The Bertz CT molecular complexity index is 495. The molecular formula is C11H12F3IN2O3. The SMILES string of the molecule is CCOC(=O)Cc1ncc(CN)c(I)c1OC(F)(F)F. The molecule has 0 saturated heterocycles. The number of esters is 1. The highest BCUT2D eigenvalue weighted by Gasteiger charge is 2.34. The molecule has 0 aliphatic carbocycles. The molecular weight excluding hydrogens is 392 g/mol. The summed E-state index contributed by atoms with van der Waals surface area (Å²) in [7, 11) is 0. The third-order valence-electron chi connectivity index (χ3n) is 2.17. The van der Waals surface area contributed by atoms with Crippen LogP contribution in [0.15, 0.2) is 6.20 Å². The first-order chi connectivity index (χ1) is 9.28. The van der Waals surface area contributed by atoms with Gasteiger partial charge in [-0.15, -0.1) is 13.2 Å². The smallest absolute Gasteiger partial charge is 0.466 e. The van der Waals surface area contributed by atoms with Crippen molar-refractivity contribution in [2.24, 2.45) is 5.73 Å². The maximum Gasteiger partial charge on any atom is 0.573 e. The van der Waals surface area contributed by atoms with E-state index in [-0.39, 0.29) is 22.4 Å². The van der Waals surface area contributed by atoms with Crippen molar-refractivity contribution in [2.75, 3.05) is 6.61 Å². The maximum absolute atomic E-state index is 12.4. The molecule has 1 aromatic rings. The first-order valence-electron chi connectivity index (χ1n) is 5.56. The predicted octanol–water partition coefficient (Wildman–Crippen LogP) is 2.15.